The quantitative estimate of drug-likeness (QED) is 0.873. The first-order valence-corrected chi connectivity index (χ1v) is 6.25. The molecule has 0 aromatic carbocycles. The van der Waals surface area contributed by atoms with Crippen molar-refractivity contribution in [2.45, 2.75) is 12.2 Å². The molecule has 0 aliphatic carbocycles. The molecule has 1 amide bonds. The van der Waals surface area contributed by atoms with Crippen molar-refractivity contribution in [1.29, 1.82) is 0 Å². The highest BCUT2D eigenvalue weighted by atomic mass is 35.5. The van der Waals surface area contributed by atoms with Crippen LogP contribution in [-0.4, -0.2) is 17.4 Å². The number of hydrogen-bond acceptors (Lipinski definition) is 3. The molecule has 1 aromatic rings. The average molecular weight is 236 g/mol. The molecule has 0 fully saturated rings. The number of carbonyl (C=O) groups excluding carboxylic acids is 1. The molecule has 0 spiro atoms. The number of thioether (sulfide) groups is 1. The maximum absolute atomic E-state index is 11.4. The Kier molecular flexibility index (Phi) is 4.09. The second-order valence-corrected chi connectivity index (χ2v) is 5.23. The van der Waals surface area contributed by atoms with Gasteiger partial charge in [-0.05, 0) is 19.2 Å². The summed E-state index contributed by atoms with van der Waals surface area (Å²) in [7, 11) is 0. The monoisotopic (exact) mass is 235 g/mol. The first-order valence-electron chi connectivity index (χ1n) is 3.71. The molecule has 0 aliphatic heterocycles. The van der Waals surface area contributed by atoms with Gasteiger partial charge in [-0.2, -0.15) is 11.8 Å². The predicted octanol–water partition coefficient (Wildman–Crippen LogP) is 3.09. The molecule has 5 heteroatoms. The number of rotatable bonds is 3. The van der Waals surface area contributed by atoms with Crippen molar-refractivity contribution in [2.24, 2.45) is 0 Å². The SMILES string of the molecule is CSC(C)C(=O)Nc1csc(Cl)c1. The lowest BCUT2D eigenvalue weighted by molar-refractivity contribution is -0.115. The van der Waals surface area contributed by atoms with Gasteiger partial charge in [0, 0.05) is 5.38 Å². The Bertz CT molecular complexity index is 300. The van der Waals surface area contributed by atoms with Crippen LogP contribution in [-0.2, 0) is 4.79 Å². The highest BCUT2D eigenvalue weighted by Crippen LogP contribution is 2.24. The van der Waals surface area contributed by atoms with Crippen molar-refractivity contribution in [2.75, 3.05) is 11.6 Å². The summed E-state index contributed by atoms with van der Waals surface area (Å²) >= 11 is 8.65. The van der Waals surface area contributed by atoms with Gasteiger partial charge in [0.1, 0.15) is 0 Å². The van der Waals surface area contributed by atoms with Gasteiger partial charge < -0.3 is 5.32 Å². The summed E-state index contributed by atoms with van der Waals surface area (Å²) in [6.07, 6.45) is 1.91. The van der Waals surface area contributed by atoms with Crippen LogP contribution < -0.4 is 5.32 Å². The number of hydrogen-bond donors (Lipinski definition) is 1. The standard InChI is InChI=1S/C8H10ClNOS2/c1-5(12-2)8(11)10-6-3-7(9)13-4-6/h3-5H,1-2H3,(H,10,11). The van der Waals surface area contributed by atoms with Gasteiger partial charge in [-0.25, -0.2) is 0 Å². The largest absolute Gasteiger partial charge is 0.324 e. The van der Waals surface area contributed by atoms with E-state index in [-0.39, 0.29) is 11.2 Å². The van der Waals surface area contributed by atoms with E-state index < -0.39 is 0 Å². The fraction of sp³-hybridized carbons (Fsp3) is 0.375. The summed E-state index contributed by atoms with van der Waals surface area (Å²) < 4.78 is 0.687. The van der Waals surface area contributed by atoms with Gasteiger partial charge in [-0.15, -0.1) is 11.3 Å². The number of carbonyl (C=O) groups is 1. The van der Waals surface area contributed by atoms with E-state index >= 15 is 0 Å². The second-order valence-electron chi connectivity index (χ2n) is 2.51. The van der Waals surface area contributed by atoms with E-state index in [1.165, 1.54) is 23.1 Å². The van der Waals surface area contributed by atoms with Crippen LogP contribution in [0.1, 0.15) is 6.92 Å². The highest BCUT2D eigenvalue weighted by molar-refractivity contribution is 7.99. The van der Waals surface area contributed by atoms with E-state index in [4.69, 9.17) is 11.6 Å². The molecule has 1 unspecified atom stereocenters. The summed E-state index contributed by atoms with van der Waals surface area (Å²) in [5, 5.41) is 4.58. The van der Waals surface area contributed by atoms with Crippen LogP contribution in [0.25, 0.3) is 0 Å². The third-order valence-corrected chi connectivity index (χ3v) is 3.57. The van der Waals surface area contributed by atoms with E-state index in [9.17, 15) is 4.79 Å². The normalized spacial score (nSPS) is 12.5. The molecule has 1 aromatic heterocycles. The summed E-state index contributed by atoms with van der Waals surface area (Å²) in [5.74, 6) is 0.0157. The number of halogens is 1. The Morgan fingerprint density at radius 1 is 1.77 bits per heavy atom. The van der Waals surface area contributed by atoms with Crippen molar-refractivity contribution in [3.63, 3.8) is 0 Å². The van der Waals surface area contributed by atoms with Crippen molar-refractivity contribution >= 4 is 46.3 Å². The Labute approximate surface area is 90.7 Å². The zero-order chi connectivity index (χ0) is 9.84. The molecule has 1 atom stereocenters. The lowest BCUT2D eigenvalue weighted by atomic mass is 10.4. The molecular weight excluding hydrogens is 226 g/mol. The lowest BCUT2D eigenvalue weighted by Gasteiger charge is -2.07. The summed E-state index contributed by atoms with van der Waals surface area (Å²) in [6.45, 7) is 1.87. The van der Waals surface area contributed by atoms with Crippen LogP contribution in [0, 0.1) is 0 Å². The van der Waals surface area contributed by atoms with E-state index in [1.807, 2.05) is 18.6 Å². The van der Waals surface area contributed by atoms with E-state index in [1.54, 1.807) is 6.07 Å². The Hall–Kier alpha value is -0.190. The maximum atomic E-state index is 11.4. The molecule has 1 heterocycles. The van der Waals surface area contributed by atoms with Crippen LogP contribution >= 0.6 is 34.7 Å². The lowest BCUT2D eigenvalue weighted by Crippen LogP contribution is -2.21. The molecule has 0 bridgehead atoms. The van der Waals surface area contributed by atoms with Crippen molar-refractivity contribution < 1.29 is 4.79 Å². The van der Waals surface area contributed by atoms with Crippen molar-refractivity contribution in [1.82, 2.24) is 0 Å². The summed E-state index contributed by atoms with van der Waals surface area (Å²) in [6, 6.07) is 1.75. The molecule has 0 aliphatic rings. The zero-order valence-electron chi connectivity index (χ0n) is 7.33. The van der Waals surface area contributed by atoms with Gasteiger partial charge >= 0.3 is 0 Å². The van der Waals surface area contributed by atoms with Crippen molar-refractivity contribution in [3.8, 4) is 0 Å². The smallest absolute Gasteiger partial charge is 0.237 e. The van der Waals surface area contributed by atoms with Crippen LogP contribution in [0.4, 0.5) is 5.69 Å². The van der Waals surface area contributed by atoms with Crippen LogP contribution in [0.2, 0.25) is 4.34 Å². The fourth-order valence-corrected chi connectivity index (χ4v) is 1.81. The number of nitrogens with one attached hydrogen (secondary N) is 1. The number of anilines is 1. The molecular formula is C8H10ClNOS2. The van der Waals surface area contributed by atoms with Crippen LogP contribution in [0.5, 0.6) is 0 Å². The van der Waals surface area contributed by atoms with Crippen molar-refractivity contribution in [3.05, 3.63) is 15.8 Å². The third-order valence-electron chi connectivity index (χ3n) is 1.56. The summed E-state index contributed by atoms with van der Waals surface area (Å²) in [5.41, 5.74) is 0.779. The molecule has 1 rings (SSSR count). The second kappa shape index (κ2) is 4.88. The summed E-state index contributed by atoms with van der Waals surface area (Å²) in [4.78, 5) is 11.4. The molecule has 1 N–H and O–H groups in total. The molecule has 0 saturated heterocycles. The number of thiophene rings is 1. The van der Waals surface area contributed by atoms with Gasteiger partial charge in [-0.1, -0.05) is 11.6 Å². The molecule has 0 saturated carbocycles. The first kappa shape index (κ1) is 10.9. The minimum Gasteiger partial charge on any atom is -0.324 e. The van der Waals surface area contributed by atoms with E-state index in [0.717, 1.165) is 5.69 Å². The van der Waals surface area contributed by atoms with Gasteiger partial charge in [-0.3, -0.25) is 4.79 Å². The minimum absolute atomic E-state index is 0.0157. The minimum atomic E-state index is -0.0290. The fourth-order valence-electron chi connectivity index (χ4n) is 0.727. The van der Waals surface area contributed by atoms with E-state index in [0.29, 0.717) is 4.34 Å². The predicted molar refractivity (Wildman–Crippen MR) is 60.9 cm³/mol. The Morgan fingerprint density at radius 3 is 2.92 bits per heavy atom. The molecule has 2 nitrogen and oxygen atoms in total. The third kappa shape index (κ3) is 3.21. The zero-order valence-corrected chi connectivity index (χ0v) is 9.72. The maximum Gasteiger partial charge on any atom is 0.237 e. The van der Waals surface area contributed by atoms with Crippen LogP contribution in [0.15, 0.2) is 11.4 Å². The molecule has 13 heavy (non-hydrogen) atoms. The van der Waals surface area contributed by atoms with Crippen LogP contribution in [0.3, 0.4) is 0 Å². The van der Waals surface area contributed by atoms with Gasteiger partial charge in [0.2, 0.25) is 5.91 Å². The van der Waals surface area contributed by atoms with Gasteiger partial charge in [0.15, 0.2) is 0 Å². The van der Waals surface area contributed by atoms with Gasteiger partial charge in [0.25, 0.3) is 0 Å². The Morgan fingerprint density at radius 2 is 2.46 bits per heavy atom. The first-order chi connectivity index (χ1) is 6.13. The number of amides is 1. The topological polar surface area (TPSA) is 29.1 Å². The average Bonchev–Trinajstić information content (AvgIpc) is 2.49. The van der Waals surface area contributed by atoms with Gasteiger partial charge in [0.05, 0.1) is 15.3 Å². The molecule has 0 radical (unpaired) electrons. The Balaban J connectivity index is 2.54. The highest BCUT2D eigenvalue weighted by Gasteiger charge is 2.11. The van der Waals surface area contributed by atoms with E-state index in [2.05, 4.69) is 5.32 Å². The molecule has 72 valence electrons.